The number of carboxylic acids is 1. The molecule has 0 heterocycles. The van der Waals surface area contributed by atoms with E-state index in [2.05, 4.69) is 0 Å². The molecule has 0 aliphatic rings. The average molecular weight is 262 g/mol. The molecule has 1 aromatic carbocycles. The van der Waals surface area contributed by atoms with Crippen molar-refractivity contribution in [3.8, 4) is 11.8 Å². The van der Waals surface area contributed by atoms with Gasteiger partial charge in [0.15, 0.2) is 0 Å². The standard InChI is InChI=1S/C14H18N2O3/c1-16(8-2-3-14(17)18)9-10-19-13-6-4-12(11-15)5-7-13/h4-7H,2-3,8-10H2,1H3,(H,17,18). The molecule has 0 aliphatic heterocycles. The fraction of sp³-hybridized carbons (Fsp3) is 0.429. The van der Waals surface area contributed by atoms with Crippen molar-refractivity contribution in [3.05, 3.63) is 29.8 Å². The zero-order valence-electron chi connectivity index (χ0n) is 11.0. The van der Waals surface area contributed by atoms with E-state index in [0.717, 1.165) is 18.8 Å². The third-order valence-electron chi connectivity index (χ3n) is 2.66. The van der Waals surface area contributed by atoms with Crippen LogP contribution in [0.2, 0.25) is 0 Å². The summed E-state index contributed by atoms with van der Waals surface area (Å²) in [5.41, 5.74) is 0.609. The minimum absolute atomic E-state index is 0.195. The summed E-state index contributed by atoms with van der Waals surface area (Å²) < 4.78 is 5.54. The van der Waals surface area contributed by atoms with Crippen LogP contribution >= 0.6 is 0 Å². The highest BCUT2D eigenvalue weighted by Gasteiger charge is 2.02. The summed E-state index contributed by atoms with van der Waals surface area (Å²) >= 11 is 0. The molecule has 0 unspecified atom stereocenters. The van der Waals surface area contributed by atoms with E-state index < -0.39 is 5.97 Å². The number of aliphatic carboxylic acids is 1. The molecule has 0 saturated heterocycles. The molecule has 0 spiro atoms. The van der Waals surface area contributed by atoms with E-state index in [-0.39, 0.29) is 6.42 Å². The summed E-state index contributed by atoms with van der Waals surface area (Å²) in [6.07, 6.45) is 0.837. The Labute approximate surface area is 113 Å². The van der Waals surface area contributed by atoms with Crippen LogP contribution in [0.25, 0.3) is 0 Å². The minimum Gasteiger partial charge on any atom is -0.492 e. The normalized spacial score (nSPS) is 10.2. The first-order chi connectivity index (χ1) is 9.11. The summed E-state index contributed by atoms with van der Waals surface area (Å²) in [4.78, 5) is 12.4. The third kappa shape index (κ3) is 6.43. The maximum atomic E-state index is 10.4. The predicted molar refractivity (Wildman–Crippen MR) is 71.0 cm³/mol. The van der Waals surface area contributed by atoms with Gasteiger partial charge in [0.1, 0.15) is 12.4 Å². The third-order valence-corrected chi connectivity index (χ3v) is 2.66. The van der Waals surface area contributed by atoms with E-state index in [4.69, 9.17) is 15.1 Å². The van der Waals surface area contributed by atoms with Crippen LogP contribution in [0.5, 0.6) is 5.75 Å². The Morgan fingerprint density at radius 2 is 2.05 bits per heavy atom. The Morgan fingerprint density at radius 1 is 1.37 bits per heavy atom. The second kappa shape index (κ2) is 8.11. The molecule has 0 fully saturated rings. The van der Waals surface area contributed by atoms with E-state index >= 15 is 0 Å². The molecule has 5 heteroatoms. The second-order valence-electron chi connectivity index (χ2n) is 4.29. The summed E-state index contributed by atoms with van der Waals surface area (Å²) in [6, 6.07) is 9.01. The number of rotatable bonds is 8. The van der Waals surface area contributed by atoms with E-state index in [1.54, 1.807) is 24.3 Å². The smallest absolute Gasteiger partial charge is 0.303 e. The fourth-order valence-corrected chi connectivity index (χ4v) is 1.56. The lowest BCUT2D eigenvalue weighted by atomic mass is 10.2. The van der Waals surface area contributed by atoms with Gasteiger partial charge in [0.2, 0.25) is 0 Å². The molecule has 19 heavy (non-hydrogen) atoms. The first kappa shape index (κ1) is 15.0. The van der Waals surface area contributed by atoms with Crippen LogP contribution in [-0.2, 0) is 4.79 Å². The van der Waals surface area contributed by atoms with E-state index in [9.17, 15) is 4.79 Å². The molecule has 0 atom stereocenters. The molecule has 5 nitrogen and oxygen atoms in total. The number of hydrogen-bond acceptors (Lipinski definition) is 4. The van der Waals surface area contributed by atoms with Gasteiger partial charge >= 0.3 is 5.97 Å². The number of nitrogens with zero attached hydrogens (tertiary/aromatic N) is 2. The summed E-state index contributed by atoms with van der Waals surface area (Å²) in [5.74, 6) is -0.0276. The number of benzene rings is 1. The van der Waals surface area contributed by atoms with Gasteiger partial charge in [-0.2, -0.15) is 5.26 Å². The molecule has 102 valence electrons. The first-order valence-corrected chi connectivity index (χ1v) is 6.15. The lowest BCUT2D eigenvalue weighted by Crippen LogP contribution is -2.25. The topological polar surface area (TPSA) is 73.6 Å². The molecule has 0 saturated carbocycles. The number of carbonyl (C=O) groups is 1. The Morgan fingerprint density at radius 3 is 2.63 bits per heavy atom. The Balaban J connectivity index is 2.18. The highest BCUT2D eigenvalue weighted by Crippen LogP contribution is 2.11. The van der Waals surface area contributed by atoms with Gasteiger partial charge in [0, 0.05) is 13.0 Å². The second-order valence-corrected chi connectivity index (χ2v) is 4.29. The van der Waals surface area contributed by atoms with Crippen molar-refractivity contribution in [2.75, 3.05) is 26.7 Å². The zero-order chi connectivity index (χ0) is 14.1. The Hall–Kier alpha value is -2.06. The molecule has 0 amide bonds. The van der Waals surface area contributed by atoms with Gasteiger partial charge in [0.05, 0.1) is 11.6 Å². The molecule has 1 N–H and O–H groups in total. The Bertz CT molecular complexity index is 437. The van der Waals surface area contributed by atoms with Crippen molar-refractivity contribution < 1.29 is 14.6 Å². The van der Waals surface area contributed by atoms with Crippen molar-refractivity contribution in [2.24, 2.45) is 0 Å². The maximum absolute atomic E-state index is 10.4. The zero-order valence-corrected chi connectivity index (χ0v) is 11.0. The number of ether oxygens (including phenoxy) is 1. The summed E-state index contributed by atoms with van der Waals surface area (Å²) in [7, 11) is 1.93. The summed E-state index contributed by atoms with van der Waals surface area (Å²) in [6.45, 7) is 2.01. The number of hydrogen-bond donors (Lipinski definition) is 1. The van der Waals surface area contributed by atoms with Gasteiger partial charge in [-0.3, -0.25) is 4.79 Å². The SMILES string of the molecule is CN(CCCC(=O)O)CCOc1ccc(C#N)cc1. The molecular weight excluding hydrogens is 244 g/mol. The van der Waals surface area contributed by atoms with Gasteiger partial charge in [-0.05, 0) is 44.3 Å². The number of likely N-dealkylation sites (N-methyl/N-ethyl adjacent to an activating group) is 1. The minimum atomic E-state index is -0.762. The van der Waals surface area contributed by atoms with Crippen molar-refractivity contribution in [1.82, 2.24) is 4.90 Å². The van der Waals surface area contributed by atoms with Gasteiger partial charge < -0.3 is 14.7 Å². The van der Waals surface area contributed by atoms with Crippen molar-refractivity contribution in [1.29, 1.82) is 5.26 Å². The largest absolute Gasteiger partial charge is 0.492 e. The molecule has 1 rings (SSSR count). The van der Waals surface area contributed by atoms with E-state index in [1.807, 2.05) is 18.0 Å². The Kier molecular flexibility index (Phi) is 6.41. The number of carboxylic acid groups (broad SMARTS) is 1. The van der Waals surface area contributed by atoms with Crippen LogP contribution in [0, 0.1) is 11.3 Å². The molecule has 0 bridgehead atoms. The van der Waals surface area contributed by atoms with Crippen LogP contribution in [0.1, 0.15) is 18.4 Å². The van der Waals surface area contributed by atoms with E-state index in [1.165, 1.54) is 0 Å². The molecule has 0 aromatic heterocycles. The van der Waals surface area contributed by atoms with Crippen LogP contribution in [-0.4, -0.2) is 42.7 Å². The van der Waals surface area contributed by atoms with Crippen LogP contribution in [0.4, 0.5) is 0 Å². The van der Waals surface area contributed by atoms with Crippen LogP contribution in [0.3, 0.4) is 0 Å². The van der Waals surface area contributed by atoms with E-state index in [0.29, 0.717) is 18.6 Å². The quantitative estimate of drug-likeness (QED) is 0.772. The first-order valence-electron chi connectivity index (χ1n) is 6.15. The van der Waals surface area contributed by atoms with Crippen molar-refractivity contribution in [2.45, 2.75) is 12.8 Å². The highest BCUT2D eigenvalue weighted by molar-refractivity contribution is 5.66. The molecule has 1 aromatic rings. The van der Waals surface area contributed by atoms with Crippen molar-refractivity contribution >= 4 is 5.97 Å². The van der Waals surface area contributed by atoms with Gasteiger partial charge in [-0.25, -0.2) is 0 Å². The average Bonchev–Trinajstić information content (AvgIpc) is 2.39. The highest BCUT2D eigenvalue weighted by atomic mass is 16.5. The van der Waals surface area contributed by atoms with Crippen molar-refractivity contribution in [3.63, 3.8) is 0 Å². The molecule has 0 radical (unpaired) electrons. The van der Waals surface area contributed by atoms with Gasteiger partial charge in [-0.1, -0.05) is 0 Å². The maximum Gasteiger partial charge on any atom is 0.303 e. The van der Waals surface area contributed by atoms with Gasteiger partial charge in [0.25, 0.3) is 0 Å². The lowest BCUT2D eigenvalue weighted by Gasteiger charge is -2.16. The monoisotopic (exact) mass is 262 g/mol. The fourth-order valence-electron chi connectivity index (χ4n) is 1.56. The van der Waals surface area contributed by atoms with Gasteiger partial charge in [-0.15, -0.1) is 0 Å². The molecule has 0 aliphatic carbocycles. The predicted octanol–water partition coefficient (Wildman–Crippen LogP) is 1.73. The van der Waals surface area contributed by atoms with Crippen LogP contribution < -0.4 is 4.74 Å². The lowest BCUT2D eigenvalue weighted by molar-refractivity contribution is -0.137. The number of nitriles is 1. The molecular formula is C14H18N2O3. The van der Waals surface area contributed by atoms with Crippen LogP contribution in [0.15, 0.2) is 24.3 Å². The summed E-state index contributed by atoms with van der Waals surface area (Å²) in [5, 5.41) is 17.2.